The molecule has 5 heteroatoms. The average Bonchev–Trinajstić information content (AvgIpc) is 3.09. The van der Waals surface area contributed by atoms with Crippen LogP contribution in [-0.4, -0.2) is 43.4 Å². The fraction of sp³-hybridized carbons (Fsp3) is 0.611. The molecule has 3 N–H and O–H groups in total. The topological polar surface area (TPSA) is 65.9 Å². The second kappa shape index (κ2) is 10.2. The molecule has 0 saturated carbocycles. The number of nitrogens with zero attached hydrogens (tertiary/aromatic N) is 1. The molecule has 0 amide bonds. The summed E-state index contributed by atoms with van der Waals surface area (Å²) >= 11 is 0. The molecule has 0 aromatic heterocycles. The van der Waals surface area contributed by atoms with Crippen LogP contribution >= 0.6 is 0 Å². The van der Waals surface area contributed by atoms with E-state index in [4.69, 9.17) is 4.74 Å². The van der Waals surface area contributed by atoms with E-state index in [0.29, 0.717) is 19.1 Å². The number of guanidine groups is 1. The fourth-order valence-corrected chi connectivity index (χ4v) is 2.70. The van der Waals surface area contributed by atoms with E-state index in [-0.39, 0.29) is 0 Å². The molecule has 2 unspecified atom stereocenters. The second-order valence-corrected chi connectivity index (χ2v) is 5.83. The normalized spacial score (nSPS) is 19.6. The molecule has 2 rings (SSSR count). The SMILES string of the molecule is CCNC(=NCCC1CCCO1)NCCC(O)c1ccccc1. The highest BCUT2D eigenvalue weighted by Gasteiger charge is 2.14. The third-order valence-electron chi connectivity index (χ3n) is 3.98. The van der Waals surface area contributed by atoms with E-state index in [1.165, 1.54) is 6.42 Å². The van der Waals surface area contributed by atoms with Gasteiger partial charge in [-0.2, -0.15) is 0 Å². The third kappa shape index (κ3) is 6.59. The van der Waals surface area contributed by atoms with Gasteiger partial charge in [-0.25, -0.2) is 0 Å². The summed E-state index contributed by atoms with van der Waals surface area (Å²) in [6, 6.07) is 9.75. The second-order valence-electron chi connectivity index (χ2n) is 5.83. The number of hydrogen-bond donors (Lipinski definition) is 3. The summed E-state index contributed by atoms with van der Waals surface area (Å²) in [7, 11) is 0. The maximum Gasteiger partial charge on any atom is 0.191 e. The van der Waals surface area contributed by atoms with E-state index in [1.807, 2.05) is 30.3 Å². The van der Waals surface area contributed by atoms with Gasteiger partial charge in [0.15, 0.2) is 5.96 Å². The lowest BCUT2D eigenvalue weighted by atomic mass is 10.1. The molecule has 1 heterocycles. The van der Waals surface area contributed by atoms with Gasteiger partial charge in [0.1, 0.15) is 0 Å². The van der Waals surface area contributed by atoms with Gasteiger partial charge in [-0.1, -0.05) is 30.3 Å². The van der Waals surface area contributed by atoms with Gasteiger partial charge in [0.2, 0.25) is 0 Å². The molecule has 0 bridgehead atoms. The Balaban J connectivity index is 1.70. The molecular weight excluding hydrogens is 290 g/mol. The van der Waals surface area contributed by atoms with Crippen molar-refractivity contribution in [3.63, 3.8) is 0 Å². The average molecular weight is 319 g/mol. The highest BCUT2D eigenvalue weighted by Crippen LogP contribution is 2.15. The fourth-order valence-electron chi connectivity index (χ4n) is 2.70. The number of aliphatic imine (C=N–C) groups is 1. The highest BCUT2D eigenvalue weighted by atomic mass is 16.5. The van der Waals surface area contributed by atoms with Gasteiger partial charge >= 0.3 is 0 Å². The van der Waals surface area contributed by atoms with Crippen molar-refractivity contribution in [2.45, 2.75) is 44.8 Å². The maximum atomic E-state index is 10.2. The van der Waals surface area contributed by atoms with Crippen molar-refractivity contribution in [1.82, 2.24) is 10.6 Å². The molecule has 1 aromatic rings. The first-order valence-corrected chi connectivity index (χ1v) is 8.66. The molecule has 2 atom stereocenters. The summed E-state index contributed by atoms with van der Waals surface area (Å²) in [5.41, 5.74) is 0.953. The van der Waals surface area contributed by atoms with E-state index in [1.54, 1.807) is 0 Å². The largest absolute Gasteiger partial charge is 0.388 e. The van der Waals surface area contributed by atoms with Crippen molar-refractivity contribution in [3.05, 3.63) is 35.9 Å². The summed E-state index contributed by atoms with van der Waals surface area (Å²) in [4.78, 5) is 4.58. The Morgan fingerprint density at radius 2 is 2.17 bits per heavy atom. The number of aliphatic hydroxyl groups excluding tert-OH is 1. The highest BCUT2D eigenvalue weighted by molar-refractivity contribution is 5.79. The first kappa shape index (κ1) is 17.8. The molecular formula is C18H29N3O2. The molecule has 1 saturated heterocycles. The van der Waals surface area contributed by atoms with Crippen molar-refractivity contribution in [2.24, 2.45) is 4.99 Å². The lowest BCUT2D eigenvalue weighted by Crippen LogP contribution is -2.38. The molecule has 23 heavy (non-hydrogen) atoms. The van der Waals surface area contributed by atoms with E-state index >= 15 is 0 Å². The van der Waals surface area contributed by atoms with E-state index < -0.39 is 6.10 Å². The summed E-state index contributed by atoms with van der Waals surface area (Å²) in [6.07, 6.45) is 3.89. The van der Waals surface area contributed by atoms with Gasteiger partial charge in [-0.3, -0.25) is 4.99 Å². The minimum absolute atomic E-state index is 0.376. The van der Waals surface area contributed by atoms with Crippen LogP contribution < -0.4 is 10.6 Å². The van der Waals surface area contributed by atoms with Crippen LogP contribution in [0.25, 0.3) is 0 Å². The van der Waals surface area contributed by atoms with Crippen LogP contribution in [0.1, 0.15) is 44.3 Å². The molecule has 0 radical (unpaired) electrons. The first-order valence-electron chi connectivity index (χ1n) is 8.66. The summed E-state index contributed by atoms with van der Waals surface area (Å²) < 4.78 is 5.61. The molecule has 5 nitrogen and oxygen atoms in total. The Morgan fingerprint density at radius 3 is 2.87 bits per heavy atom. The van der Waals surface area contributed by atoms with Crippen molar-refractivity contribution in [3.8, 4) is 0 Å². The Kier molecular flexibility index (Phi) is 7.90. The number of ether oxygens (including phenoxy) is 1. The van der Waals surface area contributed by atoms with Gasteiger partial charge < -0.3 is 20.5 Å². The predicted molar refractivity (Wildman–Crippen MR) is 93.6 cm³/mol. The number of rotatable bonds is 8. The summed E-state index contributed by atoms with van der Waals surface area (Å²) in [6.45, 7) is 5.22. The minimum atomic E-state index is -0.446. The first-order chi connectivity index (χ1) is 11.3. The van der Waals surface area contributed by atoms with Crippen LogP contribution in [0.5, 0.6) is 0 Å². The summed E-state index contributed by atoms with van der Waals surface area (Å²) in [5.74, 6) is 0.811. The zero-order valence-corrected chi connectivity index (χ0v) is 14.0. The van der Waals surface area contributed by atoms with Gasteiger partial charge in [0.25, 0.3) is 0 Å². The van der Waals surface area contributed by atoms with Crippen molar-refractivity contribution < 1.29 is 9.84 Å². The Hall–Kier alpha value is -1.59. The molecule has 1 aliphatic rings. The quantitative estimate of drug-likeness (QED) is 0.508. The van der Waals surface area contributed by atoms with Gasteiger partial charge in [-0.05, 0) is 38.2 Å². The van der Waals surface area contributed by atoms with E-state index in [2.05, 4.69) is 22.5 Å². The molecule has 0 spiro atoms. The van der Waals surface area contributed by atoms with Gasteiger partial charge in [0, 0.05) is 26.2 Å². The summed E-state index contributed by atoms with van der Waals surface area (Å²) in [5, 5.41) is 16.7. The van der Waals surface area contributed by atoms with Crippen LogP contribution in [0.2, 0.25) is 0 Å². The van der Waals surface area contributed by atoms with Crippen LogP contribution in [0.15, 0.2) is 35.3 Å². The van der Waals surface area contributed by atoms with E-state index in [9.17, 15) is 5.11 Å². The van der Waals surface area contributed by atoms with Gasteiger partial charge in [0.05, 0.1) is 12.2 Å². The number of nitrogens with one attached hydrogen (secondary N) is 2. The van der Waals surface area contributed by atoms with E-state index in [0.717, 1.165) is 44.1 Å². The smallest absolute Gasteiger partial charge is 0.191 e. The molecule has 128 valence electrons. The minimum Gasteiger partial charge on any atom is -0.388 e. The monoisotopic (exact) mass is 319 g/mol. The predicted octanol–water partition coefficient (Wildman–Crippen LogP) is 2.23. The van der Waals surface area contributed by atoms with Crippen molar-refractivity contribution in [1.29, 1.82) is 0 Å². The van der Waals surface area contributed by atoms with Crippen LogP contribution in [0, 0.1) is 0 Å². The Bertz CT molecular complexity index is 459. The lowest BCUT2D eigenvalue weighted by molar-refractivity contribution is 0.106. The molecule has 0 aliphatic carbocycles. The van der Waals surface area contributed by atoms with Gasteiger partial charge in [-0.15, -0.1) is 0 Å². The zero-order valence-electron chi connectivity index (χ0n) is 14.0. The molecule has 1 fully saturated rings. The lowest BCUT2D eigenvalue weighted by Gasteiger charge is -2.15. The van der Waals surface area contributed by atoms with Crippen LogP contribution in [0.4, 0.5) is 0 Å². The van der Waals surface area contributed by atoms with Crippen molar-refractivity contribution in [2.75, 3.05) is 26.2 Å². The Morgan fingerprint density at radius 1 is 1.35 bits per heavy atom. The molecule has 1 aliphatic heterocycles. The Labute approximate surface area is 139 Å². The van der Waals surface area contributed by atoms with Crippen LogP contribution in [0.3, 0.4) is 0 Å². The molecule has 1 aromatic carbocycles. The number of hydrogen-bond acceptors (Lipinski definition) is 3. The van der Waals surface area contributed by atoms with Crippen LogP contribution in [-0.2, 0) is 4.74 Å². The standard InChI is InChI=1S/C18H29N3O2/c1-2-19-18(20-12-10-16-9-6-14-23-16)21-13-11-17(22)15-7-4-3-5-8-15/h3-5,7-8,16-17,22H,2,6,9-14H2,1H3,(H2,19,20,21). The van der Waals surface area contributed by atoms with Crippen molar-refractivity contribution >= 4 is 5.96 Å². The maximum absolute atomic E-state index is 10.2. The zero-order chi connectivity index (χ0) is 16.3. The number of benzene rings is 1. The number of aliphatic hydroxyl groups is 1. The third-order valence-corrected chi connectivity index (χ3v) is 3.98.